The smallest absolute Gasteiger partial charge is 0.274 e. The summed E-state index contributed by atoms with van der Waals surface area (Å²) in [6.45, 7) is 4.66. The van der Waals surface area contributed by atoms with Gasteiger partial charge in [0.15, 0.2) is 0 Å². The number of rotatable bonds is 5. The summed E-state index contributed by atoms with van der Waals surface area (Å²) in [7, 11) is 0. The molecule has 0 bridgehead atoms. The molecule has 0 saturated carbocycles. The zero-order valence-corrected chi connectivity index (χ0v) is 15.5. The van der Waals surface area contributed by atoms with Crippen LogP contribution in [0.2, 0.25) is 0 Å². The summed E-state index contributed by atoms with van der Waals surface area (Å²) in [5, 5.41) is 6.14. The van der Waals surface area contributed by atoms with E-state index in [-0.39, 0.29) is 17.2 Å². The van der Waals surface area contributed by atoms with Gasteiger partial charge in [-0.25, -0.2) is 10.1 Å². The Morgan fingerprint density at radius 3 is 2.50 bits per heavy atom. The fraction of sp³-hybridized carbons (Fsp3) is 0.300. The average Bonchev–Trinajstić information content (AvgIpc) is 3.22. The van der Waals surface area contributed by atoms with Crippen molar-refractivity contribution in [3.8, 4) is 11.4 Å². The van der Waals surface area contributed by atoms with Gasteiger partial charge in [0.05, 0.1) is 0 Å². The quantitative estimate of drug-likeness (QED) is 0.718. The highest BCUT2D eigenvalue weighted by atomic mass is 16.2. The van der Waals surface area contributed by atoms with Gasteiger partial charge in [-0.1, -0.05) is 30.3 Å². The van der Waals surface area contributed by atoms with Crippen molar-refractivity contribution in [1.29, 1.82) is 0 Å². The largest absolute Gasteiger partial charge is 0.335 e. The monoisotopic (exact) mass is 378 g/mol. The van der Waals surface area contributed by atoms with Crippen LogP contribution in [0.5, 0.6) is 0 Å². The minimum absolute atomic E-state index is 0.142. The predicted molar refractivity (Wildman–Crippen MR) is 105 cm³/mol. The van der Waals surface area contributed by atoms with E-state index >= 15 is 0 Å². The number of amides is 1. The Balaban J connectivity index is 1.31. The van der Waals surface area contributed by atoms with Crippen molar-refractivity contribution in [3.63, 3.8) is 0 Å². The molecule has 0 spiro atoms. The molecule has 3 aromatic rings. The van der Waals surface area contributed by atoms with Crippen LogP contribution in [0.1, 0.15) is 10.5 Å². The van der Waals surface area contributed by atoms with Crippen LogP contribution in [-0.2, 0) is 6.54 Å². The van der Waals surface area contributed by atoms with Gasteiger partial charge in [-0.15, -0.1) is 0 Å². The van der Waals surface area contributed by atoms with E-state index in [1.54, 1.807) is 4.90 Å². The van der Waals surface area contributed by atoms with Crippen molar-refractivity contribution >= 4 is 5.91 Å². The Morgan fingerprint density at radius 2 is 1.79 bits per heavy atom. The van der Waals surface area contributed by atoms with Gasteiger partial charge in [0.1, 0.15) is 11.5 Å². The van der Waals surface area contributed by atoms with Crippen molar-refractivity contribution in [2.75, 3.05) is 32.7 Å². The summed E-state index contributed by atoms with van der Waals surface area (Å²) < 4.78 is 2.16. The van der Waals surface area contributed by atoms with Gasteiger partial charge in [-0.2, -0.15) is 5.10 Å². The number of aromatic amines is 1. The number of imidazole rings is 1. The molecule has 1 aliphatic rings. The van der Waals surface area contributed by atoms with Gasteiger partial charge in [-0.3, -0.25) is 14.5 Å². The Kier molecular flexibility index (Phi) is 5.29. The molecule has 3 heterocycles. The third-order valence-corrected chi connectivity index (χ3v) is 4.96. The maximum Gasteiger partial charge on any atom is 0.274 e. The van der Waals surface area contributed by atoms with Gasteiger partial charge in [0.25, 0.3) is 11.5 Å². The van der Waals surface area contributed by atoms with Crippen LogP contribution in [-0.4, -0.2) is 68.2 Å². The van der Waals surface area contributed by atoms with Crippen LogP contribution >= 0.6 is 0 Å². The minimum atomic E-state index is -0.309. The number of benzene rings is 1. The molecule has 1 aliphatic heterocycles. The zero-order valence-electron chi connectivity index (χ0n) is 15.5. The van der Waals surface area contributed by atoms with Crippen molar-refractivity contribution in [2.45, 2.75) is 6.54 Å². The summed E-state index contributed by atoms with van der Waals surface area (Å²) in [6.07, 6.45) is 3.83. The molecule has 2 aromatic heterocycles. The van der Waals surface area contributed by atoms with Crippen LogP contribution in [0.4, 0.5) is 0 Å². The number of hydrogen-bond acceptors (Lipinski definition) is 5. The van der Waals surface area contributed by atoms with E-state index in [1.807, 2.05) is 30.6 Å². The van der Waals surface area contributed by atoms with Crippen LogP contribution in [0, 0.1) is 0 Å². The molecule has 1 N–H and O–H groups in total. The Bertz CT molecular complexity index is 969. The standard InChI is InChI=1S/C20H22N6O2/c27-18-7-6-17(22-23-18)20(28)26-14-11-24(12-15-26)10-13-25-9-8-21-19(25)16-4-2-1-3-5-16/h1-9H,10-15H2,(H,23,27). The highest BCUT2D eigenvalue weighted by Crippen LogP contribution is 2.17. The number of nitrogens with zero attached hydrogens (tertiary/aromatic N) is 5. The second-order valence-electron chi connectivity index (χ2n) is 6.75. The van der Waals surface area contributed by atoms with E-state index in [1.165, 1.54) is 12.1 Å². The maximum atomic E-state index is 12.5. The highest BCUT2D eigenvalue weighted by molar-refractivity contribution is 5.92. The number of piperazine rings is 1. The summed E-state index contributed by atoms with van der Waals surface area (Å²) in [5.74, 6) is 0.829. The summed E-state index contributed by atoms with van der Waals surface area (Å²) >= 11 is 0. The van der Waals surface area contributed by atoms with E-state index in [0.29, 0.717) is 13.1 Å². The molecular weight excluding hydrogens is 356 g/mol. The first-order valence-electron chi connectivity index (χ1n) is 9.34. The number of carbonyl (C=O) groups is 1. The second kappa shape index (κ2) is 8.18. The number of aromatic nitrogens is 4. The minimum Gasteiger partial charge on any atom is -0.335 e. The van der Waals surface area contributed by atoms with Gasteiger partial charge >= 0.3 is 0 Å². The fourth-order valence-corrected chi connectivity index (χ4v) is 3.39. The molecule has 8 nitrogen and oxygen atoms in total. The van der Waals surface area contributed by atoms with E-state index < -0.39 is 0 Å². The topological polar surface area (TPSA) is 87.1 Å². The Labute approximate surface area is 162 Å². The van der Waals surface area contributed by atoms with E-state index in [4.69, 9.17) is 0 Å². The lowest BCUT2D eigenvalue weighted by Gasteiger charge is -2.34. The molecule has 0 radical (unpaired) electrons. The molecule has 0 atom stereocenters. The molecule has 1 fully saturated rings. The third kappa shape index (κ3) is 4.01. The lowest BCUT2D eigenvalue weighted by Crippen LogP contribution is -2.49. The SMILES string of the molecule is O=C(c1ccc(=O)[nH]n1)N1CCN(CCn2ccnc2-c2ccccc2)CC1. The lowest BCUT2D eigenvalue weighted by atomic mass is 10.2. The van der Waals surface area contributed by atoms with Gasteiger partial charge in [0, 0.05) is 63.3 Å². The second-order valence-corrected chi connectivity index (χ2v) is 6.75. The Hall–Kier alpha value is -3.26. The third-order valence-electron chi connectivity index (χ3n) is 4.96. The van der Waals surface area contributed by atoms with E-state index in [9.17, 15) is 9.59 Å². The van der Waals surface area contributed by atoms with Gasteiger partial charge < -0.3 is 9.47 Å². The molecule has 144 valence electrons. The van der Waals surface area contributed by atoms with E-state index in [0.717, 1.165) is 37.6 Å². The van der Waals surface area contributed by atoms with Crippen molar-refractivity contribution in [1.82, 2.24) is 29.5 Å². The first kappa shape index (κ1) is 18.1. The molecule has 4 rings (SSSR count). The van der Waals surface area contributed by atoms with Crippen LogP contribution < -0.4 is 5.56 Å². The Morgan fingerprint density at radius 1 is 1.00 bits per heavy atom. The van der Waals surface area contributed by atoms with Crippen LogP contribution in [0.3, 0.4) is 0 Å². The number of H-pyrrole nitrogens is 1. The molecule has 1 amide bonds. The first-order valence-corrected chi connectivity index (χ1v) is 9.34. The first-order chi connectivity index (χ1) is 13.7. The zero-order chi connectivity index (χ0) is 19.3. The predicted octanol–water partition coefficient (Wildman–Crippen LogP) is 1.09. The van der Waals surface area contributed by atoms with Gasteiger partial charge in [-0.05, 0) is 6.07 Å². The molecular formula is C20H22N6O2. The van der Waals surface area contributed by atoms with Gasteiger partial charge in [0.2, 0.25) is 0 Å². The average molecular weight is 378 g/mol. The van der Waals surface area contributed by atoms with Crippen molar-refractivity contribution in [2.24, 2.45) is 0 Å². The van der Waals surface area contributed by atoms with Crippen LogP contribution in [0.15, 0.2) is 59.7 Å². The molecule has 0 aliphatic carbocycles. The van der Waals surface area contributed by atoms with Crippen molar-refractivity contribution in [3.05, 3.63) is 70.9 Å². The molecule has 0 unspecified atom stereocenters. The fourth-order valence-electron chi connectivity index (χ4n) is 3.39. The molecule has 28 heavy (non-hydrogen) atoms. The lowest BCUT2D eigenvalue weighted by molar-refractivity contribution is 0.0626. The summed E-state index contributed by atoms with van der Waals surface area (Å²) in [5.41, 5.74) is 1.08. The number of hydrogen-bond donors (Lipinski definition) is 1. The normalized spacial score (nSPS) is 14.9. The van der Waals surface area contributed by atoms with Crippen LogP contribution in [0.25, 0.3) is 11.4 Å². The number of nitrogens with one attached hydrogen (secondary N) is 1. The molecule has 1 aromatic carbocycles. The molecule has 8 heteroatoms. The molecule has 1 saturated heterocycles. The highest BCUT2D eigenvalue weighted by Gasteiger charge is 2.23. The summed E-state index contributed by atoms with van der Waals surface area (Å²) in [4.78, 5) is 32.2. The maximum absolute atomic E-state index is 12.5. The van der Waals surface area contributed by atoms with E-state index in [2.05, 4.69) is 36.8 Å². The number of carbonyl (C=O) groups excluding carboxylic acids is 1. The van der Waals surface area contributed by atoms with Crippen molar-refractivity contribution < 1.29 is 4.79 Å². The summed E-state index contributed by atoms with van der Waals surface area (Å²) in [6, 6.07) is 13.0.